The lowest BCUT2D eigenvalue weighted by Crippen LogP contribution is -2.23. The van der Waals surface area contributed by atoms with Crippen molar-refractivity contribution in [3.05, 3.63) is 54.6 Å². The van der Waals surface area contributed by atoms with Gasteiger partial charge in [-0.05, 0) is 30.2 Å². The second kappa shape index (κ2) is 7.10. The van der Waals surface area contributed by atoms with Gasteiger partial charge < -0.3 is 5.32 Å². The summed E-state index contributed by atoms with van der Waals surface area (Å²) in [6.45, 7) is 1.44. The molecule has 98 valence electrons. The van der Waals surface area contributed by atoms with E-state index in [1.165, 1.54) is 6.08 Å². The average molecular weight is 256 g/mol. The van der Waals surface area contributed by atoms with E-state index in [-0.39, 0.29) is 5.91 Å². The van der Waals surface area contributed by atoms with Crippen molar-refractivity contribution in [1.82, 2.24) is 20.1 Å². The summed E-state index contributed by atoms with van der Waals surface area (Å²) in [5.41, 5.74) is 0.911. The van der Waals surface area contributed by atoms with E-state index >= 15 is 0 Å². The number of amides is 1. The number of carbonyl (C=O) groups excluding carboxylic acids is 1. The summed E-state index contributed by atoms with van der Waals surface area (Å²) in [4.78, 5) is 15.5. The van der Waals surface area contributed by atoms with Gasteiger partial charge in [-0.3, -0.25) is 14.5 Å². The van der Waals surface area contributed by atoms with Crippen LogP contribution in [0.4, 0.5) is 0 Å². The van der Waals surface area contributed by atoms with Crippen LogP contribution in [-0.2, 0) is 11.3 Å². The van der Waals surface area contributed by atoms with Crippen molar-refractivity contribution in [2.24, 2.45) is 0 Å². The smallest absolute Gasteiger partial charge is 0.244 e. The molecule has 0 radical (unpaired) electrons. The molecule has 0 aromatic carbocycles. The third-order valence-electron chi connectivity index (χ3n) is 2.53. The molecule has 0 aliphatic rings. The summed E-state index contributed by atoms with van der Waals surface area (Å²) >= 11 is 0. The molecular weight excluding hydrogens is 240 g/mol. The summed E-state index contributed by atoms with van der Waals surface area (Å²) in [6.07, 6.45) is 11.2. The zero-order chi connectivity index (χ0) is 13.3. The Bertz CT molecular complexity index is 520. The second-order valence-corrected chi connectivity index (χ2v) is 4.03. The van der Waals surface area contributed by atoms with Gasteiger partial charge in [0, 0.05) is 44.0 Å². The maximum Gasteiger partial charge on any atom is 0.244 e. The number of aromatic nitrogens is 3. The van der Waals surface area contributed by atoms with Gasteiger partial charge in [0.25, 0.3) is 0 Å². The first-order valence-electron chi connectivity index (χ1n) is 6.18. The molecule has 0 aliphatic heterocycles. The molecule has 0 atom stereocenters. The number of nitrogens with zero attached hydrogens (tertiary/aromatic N) is 3. The lowest BCUT2D eigenvalue weighted by atomic mass is 10.2. The van der Waals surface area contributed by atoms with E-state index in [1.807, 2.05) is 29.1 Å². The Balaban J connectivity index is 1.66. The third-order valence-corrected chi connectivity index (χ3v) is 2.53. The summed E-state index contributed by atoms with van der Waals surface area (Å²) < 4.78 is 1.84. The SMILES string of the molecule is O=C(/C=C/c1cccnc1)NCCCn1cccn1. The van der Waals surface area contributed by atoms with E-state index in [1.54, 1.807) is 24.7 Å². The summed E-state index contributed by atoms with van der Waals surface area (Å²) in [6, 6.07) is 5.62. The maximum absolute atomic E-state index is 11.5. The van der Waals surface area contributed by atoms with E-state index in [9.17, 15) is 4.79 Å². The number of pyridine rings is 1. The van der Waals surface area contributed by atoms with Gasteiger partial charge in [-0.15, -0.1) is 0 Å². The summed E-state index contributed by atoms with van der Waals surface area (Å²) in [7, 11) is 0. The molecule has 2 aromatic rings. The molecule has 0 spiro atoms. The molecule has 19 heavy (non-hydrogen) atoms. The Morgan fingerprint density at radius 3 is 3.05 bits per heavy atom. The van der Waals surface area contributed by atoms with Crippen LogP contribution in [-0.4, -0.2) is 27.2 Å². The monoisotopic (exact) mass is 256 g/mol. The van der Waals surface area contributed by atoms with Crippen LogP contribution >= 0.6 is 0 Å². The van der Waals surface area contributed by atoms with Gasteiger partial charge in [0.1, 0.15) is 0 Å². The Kier molecular flexibility index (Phi) is 4.87. The molecule has 0 aliphatic carbocycles. The number of hydrogen-bond donors (Lipinski definition) is 1. The van der Waals surface area contributed by atoms with Gasteiger partial charge in [-0.25, -0.2) is 0 Å². The highest BCUT2D eigenvalue weighted by molar-refractivity contribution is 5.91. The lowest BCUT2D eigenvalue weighted by molar-refractivity contribution is -0.116. The second-order valence-electron chi connectivity index (χ2n) is 4.03. The van der Waals surface area contributed by atoms with E-state index in [2.05, 4.69) is 15.4 Å². The third kappa shape index (κ3) is 4.75. The predicted molar refractivity (Wildman–Crippen MR) is 73.1 cm³/mol. The first-order chi connectivity index (χ1) is 9.34. The van der Waals surface area contributed by atoms with Gasteiger partial charge >= 0.3 is 0 Å². The van der Waals surface area contributed by atoms with Gasteiger partial charge in [-0.2, -0.15) is 5.10 Å². The number of rotatable bonds is 6. The van der Waals surface area contributed by atoms with Crippen LogP contribution in [0.15, 0.2) is 49.1 Å². The highest BCUT2D eigenvalue weighted by Gasteiger charge is 1.95. The van der Waals surface area contributed by atoms with Gasteiger partial charge in [0.05, 0.1) is 0 Å². The molecule has 1 amide bonds. The Hall–Kier alpha value is -2.43. The van der Waals surface area contributed by atoms with Crippen molar-refractivity contribution < 1.29 is 4.79 Å². The average Bonchev–Trinajstić information content (AvgIpc) is 2.96. The summed E-state index contributed by atoms with van der Waals surface area (Å²) in [5.74, 6) is -0.0932. The van der Waals surface area contributed by atoms with Gasteiger partial charge in [-0.1, -0.05) is 6.07 Å². The molecule has 5 heteroatoms. The fraction of sp³-hybridized carbons (Fsp3) is 0.214. The minimum atomic E-state index is -0.0932. The van der Waals surface area contributed by atoms with Crippen LogP contribution in [0, 0.1) is 0 Å². The van der Waals surface area contributed by atoms with E-state index < -0.39 is 0 Å². The van der Waals surface area contributed by atoms with Crippen LogP contribution in [0.2, 0.25) is 0 Å². The molecule has 0 saturated carbocycles. The van der Waals surface area contributed by atoms with Crippen LogP contribution in [0.1, 0.15) is 12.0 Å². The van der Waals surface area contributed by atoms with Crippen molar-refractivity contribution in [3.63, 3.8) is 0 Å². The molecule has 0 fully saturated rings. The highest BCUT2D eigenvalue weighted by Crippen LogP contribution is 1.97. The number of carbonyl (C=O) groups is 1. The molecule has 2 heterocycles. The highest BCUT2D eigenvalue weighted by atomic mass is 16.1. The molecule has 2 rings (SSSR count). The van der Waals surface area contributed by atoms with Crippen molar-refractivity contribution in [2.45, 2.75) is 13.0 Å². The van der Waals surface area contributed by atoms with Crippen LogP contribution in [0.5, 0.6) is 0 Å². The van der Waals surface area contributed by atoms with Crippen molar-refractivity contribution in [1.29, 1.82) is 0 Å². The fourth-order valence-corrected chi connectivity index (χ4v) is 1.59. The van der Waals surface area contributed by atoms with Crippen LogP contribution < -0.4 is 5.32 Å². The zero-order valence-corrected chi connectivity index (χ0v) is 10.6. The topological polar surface area (TPSA) is 59.8 Å². The largest absolute Gasteiger partial charge is 0.352 e. The summed E-state index contributed by atoms with van der Waals surface area (Å²) in [5, 5.41) is 6.92. The molecule has 0 unspecified atom stereocenters. The Morgan fingerprint density at radius 1 is 1.37 bits per heavy atom. The quantitative estimate of drug-likeness (QED) is 0.629. The fourth-order valence-electron chi connectivity index (χ4n) is 1.59. The predicted octanol–water partition coefficient (Wildman–Crippen LogP) is 1.50. The van der Waals surface area contributed by atoms with E-state index in [0.29, 0.717) is 6.54 Å². The minimum absolute atomic E-state index is 0.0932. The molecular formula is C14H16N4O. The Morgan fingerprint density at radius 2 is 2.32 bits per heavy atom. The van der Waals surface area contributed by atoms with Crippen LogP contribution in [0.25, 0.3) is 6.08 Å². The van der Waals surface area contributed by atoms with Gasteiger partial charge in [0.2, 0.25) is 5.91 Å². The van der Waals surface area contributed by atoms with Gasteiger partial charge in [0.15, 0.2) is 0 Å². The Labute approximate surface area is 112 Å². The zero-order valence-electron chi connectivity index (χ0n) is 10.6. The molecule has 0 bridgehead atoms. The van der Waals surface area contributed by atoms with Crippen LogP contribution in [0.3, 0.4) is 0 Å². The first kappa shape index (κ1) is 13.0. The van der Waals surface area contributed by atoms with Crippen molar-refractivity contribution >= 4 is 12.0 Å². The molecule has 5 nitrogen and oxygen atoms in total. The van der Waals surface area contributed by atoms with Crippen molar-refractivity contribution in [2.75, 3.05) is 6.54 Å². The lowest BCUT2D eigenvalue weighted by Gasteiger charge is -2.02. The van der Waals surface area contributed by atoms with E-state index in [4.69, 9.17) is 0 Å². The minimum Gasteiger partial charge on any atom is -0.352 e. The molecule has 0 saturated heterocycles. The standard InChI is InChI=1S/C14H16N4O/c19-14(6-5-13-4-1-7-15-12-13)16-8-2-10-18-11-3-9-17-18/h1,3-7,9,11-12H,2,8,10H2,(H,16,19)/b6-5+. The number of hydrogen-bond acceptors (Lipinski definition) is 3. The molecule has 2 aromatic heterocycles. The van der Waals surface area contributed by atoms with E-state index in [0.717, 1.165) is 18.5 Å². The number of nitrogens with one attached hydrogen (secondary N) is 1. The first-order valence-corrected chi connectivity index (χ1v) is 6.18. The normalized spacial score (nSPS) is 10.7. The maximum atomic E-state index is 11.5. The van der Waals surface area contributed by atoms with Crippen molar-refractivity contribution in [3.8, 4) is 0 Å². The number of aryl methyl sites for hydroxylation is 1. The molecule has 1 N–H and O–H groups in total.